The van der Waals surface area contributed by atoms with Gasteiger partial charge in [-0.2, -0.15) is 0 Å². The standard InChI is InChI=1S/C13H19NO2S/c1-9-5-6-11(16-2)12-13(9)17-8-10(14-12)4-3-7-15/h5-6,10,14-15H,3-4,7-8H2,1-2H3. The predicted octanol–water partition coefficient (Wildman–Crippen LogP) is 2.66. The molecule has 2 rings (SSSR count). The first-order chi connectivity index (χ1) is 8.26. The van der Waals surface area contributed by atoms with E-state index < -0.39 is 0 Å². The maximum Gasteiger partial charge on any atom is 0.143 e. The van der Waals surface area contributed by atoms with Gasteiger partial charge in [0.25, 0.3) is 0 Å². The third-order valence-electron chi connectivity index (χ3n) is 3.02. The molecular weight excluding hydrogens is 234 g/mol. The quantitative estimate of drug-likeness (QED) is 0.865. The number of anilines is 1. The Kier molecular flexibility index (Phi) is 4.18. The third-order valence-corrected chi connectivity index (χ3v) is 4.41. The van der Waals surface area contributed by atoms with Crippen LogP contribution in [0.1, 0.15) is 18.4 Å². The summed E-state index contributed by atoms with van der Waals surface area (Å²) in [5.41, 5.74) is 2.41. The second-order valence-electron chi connectivity index (χ2n) is 4.31. The molecule has 0 bridgehead atoms. The van der Waals surface area contributed by atoms with E-state index >= 15 is 0 Å². The van der Waals surface area contributed by atoms with Gasteiger partial charge in [-0.25, -0.2) is 0 Å². The molecule has 1 heterocycles. The van der Waals surface area contributed by atoms with Gasteiger partial charge in [0.15, 0.2) is 0 Å². The molecule has 0 amide bonds. The van der Waals surface area contributed by atoms with Gasteiger partial charge < -0.3 is 15.2 Å². The molecule has 1 aromatic carbocycles. The molecule has 0 saturated heterocycles. The van der Waals surface area contributed by atoms with E-state index in [0.29, 0.717) is 6.04 Å². The summed E-state index contributed by atoms with van der Waals surface area (Å²) >= 11 is 1.88. The van der Waals surface area contributed by atoms with Gasteiger partial charge in [-0.05, 0) is 31.4 Å². The second-order valence-corrected chi connectivity index (χ2v) is 5.34. The molecule has 1 aliphatic rings. The Balaban J connectivity index is 2.20. The lowest BCUT2D eigenvalue weighted by Gasteiger charge is -2.28. The van der Waals surface area contributed by atoms with Crippen LogP contribution >= 0.6 is 11.8 Å². The molecule has 0 aliphatic carbocycles. The number of benzene rings is 1. The lowest BCUT2D eigenvalue weighted by atomic mass is 10.1. The van der Waals surface area contributed by atoms with Crippen molar-refractivity contribution in [3.05, 3.63) is 17.7 Å². The number of aryl methyl sites for hydroxylation is 1. The molecule has 3 nitrogen and oxygen atoms in total. The van der Waals surface area contributed by atoms with Crippen LogP contribution in [0.3, 0.4) is 0 Å². The molecule has 17 heavy (non-hydrogen) atoms. The molecule has 0 saturated carbocycles. The van der Waals surface area contributed by atoms with E-state index in [4.69, 9.17) is 9.84 Å². The van der Waals surface area contributed by atoms with Crippen molar-refractivity contribution in [3.63, 3.8) is 0 Å². The monoisotopic (exact) mass is 253 g/mol. The summed E-state index contributed by atoms with van der Waals surface area (Å²) < 4.78 is 5.40. The fourth-order valence-electron chi connectivity index (χ4n) is 2.08. The first-order valence-electron chi connectivity index (χ1n) is 5.94. The molecule has 1 aromatic rings. The van der Waals surface area contributed by atoms with Crippen LogP contribution in [0.4, 0.5) is 5.69 Å². The number of ether oxygens (including phenoxy) is 1. The van der Waals surface area contributed by atoms with Crippen molar-refractivity contribution in [1.29, 1.82) is 0 Å². The van der Waals surface area contributed by atoms with Crippen molar-refractivity contribution in [2.24, 2.45) is 0 Å². The summed E-state index contributed by atoms with van der Waals surface area (Å²) in [7, 11) is 1.70. The van der Waals surface area contributed by atoms with Gasteiger partial charge in [0, 0.05) is 23.3 Å². The van der Waals surface area contributed by atoms with Gasteiger partial charge in [-0.3, -0.25) is 0 Å². The minimum absolute atomic E-state index is 0.265. The number of hydrogen-bond donors (Lipinski definition) is 2. The lowest BCUT2D eigenvalue weighted by Crippen LogP contribution is -2.26. The van der Waals surface area contributed by atoms with Crippen molar-refractivity contribution in [1.82, 2.24) is 0 Å². The van der Waals surface area contributed by atoms with E-state index in [1.165, 1.54) is 10.5 Å². The van der Waals surface area contributed by atoms with Crippen LogP contribution < -0.4 is 10.1 Å². The summed E-state index contributed by atoms with van der Waals surface area (Å²) in [6, 6.07) is 4.53. The molecule has 94 valence electrons. The number of thioether (sulfide) groups is 1. The van der Waals surface area contributed by atoms with Crippen LogP contribution in [-0.2, 0) is 0 Å². The van der Waals surface area contributed by atoms with E-state index in [2.05, 4.69) is 18.3 Å². The SMILES string of the molecule is COc1ccc(C)c2c1NC(CCCO)CS2. The Hall–Kier alpha value is -0.870. The Morgan fingerprint density at radius 1 is 1.53 bits per heavy atom. The largest absolute Gasteiger partial charge is 0.495 e. The maximum atomic E-state index is 8.88. The molecule has 0 spiro atoms. The average Bonchev–Trinajstić information content (AvgIpc) is 2.37. The molecule has 0 aromatic heterocycles. The fourth-order valence-corrected chi connectivity index (χ4v) is 3.30. The van der Waals surface area contributed by atoms with Crippen molar-refractivity contribution in [2.75, 3.05) is 24.8 Å². The molecule has 1 aliphatic heterocycles. The number of nitrogens with one attached hydrogen (secondary N) is 1. The van der Waals surface area contributed by atoms with E-state index in [1.54, 1.807) is 7.11 Å². The first-order valence-corrected chi connectivity index (χ1v) is 6.92. The highest BCUT2D eigenvalue weighted by Crippen LogP contribution is 2.42. The summed E-state index contributed by atoms with van der Waals surface area (Å²) in [6.45, 7) is 2.39. The molecule has 0 fully saturated rings. The normalized spacial score (nSPS) is 18.4. The van der Waals surface area contributed by atoms with Gasteiger partial charge in [-0.1, -0.05) is 6.07 Å². The maximum absolute atomic E-state index is 8.88. The zero-order valence-corrected chi connectivity index (χ0v) is 11.1. The van der Waals surface area contributed by atoms with Crippen molar-refractivity contribution < 1.29 is 9.84 Å². The molecule has 2 N–H and O–H groups in total. The predicted molar refractivity (Wildman–Crippen MR) is 72.2 cm³/mol. The number of fused-ring (bicyclic) bond motifs is 1. The van der Waals surface area contributed by atoms with Gasteiger partial charge in [0.1, 0.15) is 5.75 Å². The van der Waals surface area contributed by atoms with Crippen LogP contribution in [0.5, 0.6) is 5.75 Å². The molecule has 0 radical (unpaired) electrons. The average molecular weight is 253 g/mol. The molecular formula is C13H19NO2S. The van der Waals surface area contributed by atoms with Gasteiger partial charge >= 0.3 is 0 Å². The Morgan fingerprint density at radius 2 is 2.35 bits per heavy atom. The van der Waals surface area contributed by atoms with Crippen LogP contribution in [0.15, 0.2) is 17.0 Å². The van der Waals surface area contributed by atoms with Crippen LogP contribution in [0.2, 0.25) is 0 Å². The zero-order chi connectivity index (χ0) is 12.3. The zero-order valence-electron chi connectivity index (χ0n) is 10.3. The summed E-state index contributed by atoms with van der Waals surface area (Å²) in [5, 5.41) is 12.4. The number of aliphatic hydroxyl groups excluding tert-OH is 1. The van der Waals surface area contributed by atoms with Crippen molar-refractivity contribution in [3.8, 4) is 5.75 Å². The van der Waals surface area contributed by atoms with Gasteiger partial charge in [0.05, 0.1) is 12.8 Å². The van der Waals surface area contributed by atoms with Gasteiger partial charge in [0.2, 0.25) is 0 Å². The Labute approximate surface area is 107 Å². The Morgan fingerprint density at radius 3 is 3.06 bits per heavy atom. The second kappa shape index (κ2) is 5.65. The van der Waals surface area contributed by atoms with Crippen molar-refractivity contribution in [2.45, 2.75) is 30.7 Å². The molecule has 1 atom stereocenters. The number of rotatable bonds is 4. The summed E-state index contributed by atoms with van der Waals surface area (Å²) in [5.74, 6) is 1.97. The minimum atomic E-state index is 0.265. The highest BCUT2D eigenvalue weighted by molar-refractivity contribution is 7.99. The van der Waals surface area contributed by atoms with E-state index in [0.717, 1.165) is 30.0 Å². The van der Waals surface area contributed by atoms with Crippen LogP contribution in [-0.4, -0.2) is 30.6 Å². The lowest BCUT2D eigenvalue weighted by molar-refractivity contribution is 0.282. The number of methoxy groups -OCH3 is 1. The van der Waals surface area contributed by atoms with E-state index in [-0.39, 0.29) is 6.61 Å². The highest BCUT2D eigenvalue weighted by Gasteiger charge is 2.22. The third kappa shape index (κ3) is 2.69. The van der Waals surface area contributed by atoms with E-state index in [9.17, 15) is 0 Å². The fraction of sp³-hybridized carbons (Fsp3) is 0.538. The molecule has 4 heteroatoms. The van der Waals surface area contributed by atoms with Crippen LogP contribution in [0.25, 0.3) is 0 Å². The first kappa shape index (κ1) is 12.6. The summed E-state index contributed by atoms with van der Waals surface area (Å²) in [6.07, 6.45) is 1.85. The summed E-state index contributed by atoms with van der Waals surface area (Å²) in [4.78, 5) is 1.30. The van der Waals surface area contributed by atoms with Crippen molar-refractivity contribution >= 4 is 17.4 Å². The molecule has 1 unspecified atom stereocenters. The number of hydrogen-bond acceptors (Lipinski definition) is 4. The highest BCUT2D eigenvalue weighted by atomic mass is 32.2. The number of aliphatic hydroxyl groups is 1. The van der Waals surface area contributed by atoms with Gasteiger partial charge in [-0.15, -0.1) is 11.8 Å². The minimum Gasteiger partial charge on any atom is -0.495 e. The smallest absolute Gasteiger partial charge is 0.143 e. The van der Waals surface area contributed by atoms with E-state index in [1.807, 2.05) is 17.8 Å². The Bertz CT molecular complexity index is 395. The van der Waals surface area contributed by atoms with Crippen LogP contribution in [0, 0.1) is 6.92 Å². The topological polar surface area (TPSA) is 41.5 Å².